The van der Waals surface area contributed by atoms with Gasteiger partial charge in [0, 0.05) is 12.1 Å². The van der Waals surface area contributed by atoms with E-state index < -0.39 is 0 Å². The summed E-state index contributed by atoms with van der Waals surface area (Å²) in [5.41, 5.74) is 3.46. The molecule has 1 aliphatic heterocycles. The summed E-state index contributed by atoms with van der Waals surface area (Å²) in [5, 5.41) is 6.46. The van der Waals surface area contributed by atoms with E-state index in [9.17, 15) is 4.79 Å². The molecule has 152 valence electrons. The average Bonchev–Trinajstić information content (AvgIpc) is 2.72. The number of amides is 1. The Balaban J connectivity index is 0.00000280. The lowest BCUT2D eigenvalue weighted by molar-refractivity contribution is -0.116. The standard InChI is InChI=1S/C23H30N2O2.CH4/c1-27-22-11-4-2-7-19(22)8-3-5-12-23(26)25-21-10-6-9-20(17-21)18-13-15-24-16-14-18;/h2,4,6-7,9-11,17-18,24H,3,5,8,12-16H2,1H3,(H,25,26);1H4. The Labute approximate surface area is 169 Å². The van der Waals surface area contributed by atoms with E-state index in [1.807, 2.05) is 24.3 Å². The normalized spacial score (nSPS) is 14.2. The molecule has 1 saturated heterocycles. The van der Waals surface area contributed by atoms with Crippen molar-refractivity contribution in [2.24, 2.45) is 0 Å². The predicted octanol–water partition coefficient (Wildman–Crippen LogP) is 5.15. The van der Waals surface area contributed by atoms with E-state index in [0.29, 0.717) is 12.3 Å². The van der Waals surface area contributed by atoms with E-state index in [-0.39, 0.29) is 13.3 Å². The van der Waals surface area contributed by atoms with Crippen molar-refractivity contribution in [1.29, 1.82) is 0 Å². The lowest BCUT2D eigenvalue weighted by atomic mass is 9.90. The number of unbranched alkanes of at least 4 members (excludes halogenated alkanes) is 1. The van der Waals surface area contributed by atoms with Crippen molar-refractivity contribution in [3.8, 4) is 5.75 Å². The summed E-state index contributed by atoms with van der Waals surface area (Å²) >= 11 is 0. The first kappa shape index (κ1) is 22.0. The minimum absolute atomic E-state index is 0. The molecule has 3 rings (SSSR count). The third kappa shape index (κ3) is 6.38. The van der Waals surface area contributed by atoms with Gasteiger partial charge in [0.25, 0.3) is 0 Å². The number of para-hydroxylation sites is 1. The number of benzene rings is 2. The third-order valence-electron chi connectivity index (χ3n) is 5.27. The monoisotopic (exact) mass is 382 g/mol. The van der Waals surface area contributed by atoms with E-state index in [1.54, 1.807) is 7.11 Å². The Morgan fingerprint density at radius 2 is 1.89 bits per heavy atom. The van der Waals surface area contributed by atoms with Crippen LogP contribution in [0.5, 0.6) is 5.75 Å². The number of methoxy groups -OCH3 is 1. The number of carbonyl (C=O) groups excluding carboxylic acids is 1. The molecule has 0 spiro atoms. The molecule has 2 aromatic rings. The fourth-order valence-electron chi connectivity index (χ4n) is 3.76. The Morgan fingerprint density at radius 3 is 2.68 bits per heavy atom. The van der Waals surface area contributed by atoms with Crippen LogP contribution in [-0.4, -0.2) is 26.1 Å². The first-order valence-electron chi connectivity index (χ1n) is 9.98. The molecular formula is C24H34N2O2. The van der Waals surface area contributed by atoms with Gasteiger partial charge < -0.3 is 15.4 Å². The number of aryl methyl sites for hydroxylation is 1. The van der Waals surface area contributed by atoms with Gasteiger partial charge in [0.1, 0.15) is 5.75 Å². The number of hydrogen-bond donors (Lipinski definition) is 2. The number of nitrogens with one attached hydrogen (secondary N) is 2. The van der Waals surface area contributed by atoms with Gasteiger partial charge in [-0.2, -0.15) is 0 Å². The molecule has 4 heteroatoms. The summed E-state index contributed by atoms with van der Waals surface area (Å²) in [4.78, 5) is 12.3. The second-order valence-electron chi connectivity index (χ2n) is 7.22. The topological polar surface area (TPSA) is 50.4 Å². The van der Waals surface area contributed by atoms with Gasteiger partial charge in [-0.3, -0.25) is 4.79 Å². The Morgan fingerprint density at radius 1 is 1.11 bits per heavy atom. The van der Waals surface area contributed by atoms with E-state index >= 15 is 0 Å². The van der Waals surface area contributed by atoms with Gasteiger partial charge in [0.15, 0.2) is 0 Å². The van der Waals surface area contributed by atoms with Gasteiger partial charge >= 0.3 is 0 Å². The average molecular weight is 383 g/mol. The molecule has 1 heterocycles. The zero-order valence-electron chi connectivity index (χ0n) is 16.2. The molecule has 0 unspecified atom stereocenters. The molecule has 0 aromatic heterocycles. The van der Waals surface area contributed by atoms with E-state index in [4.69, 9.17) is 4.74 Å². The molecule has 2 N–H and O–H groups in total. The summed E-state index contributed by atoms with van der Waals surface area (Å²) in [6.07, 6.45) is 5.66. The highest BCUT2D eigenvalue weighted by molar-refractivity contribution is 5.90. The highest BCUT2D eigenvalue weighted by atomic mass is 16.5. The summed E-state index contributed by atoms with van der Waals surface area (Å²) in [7, 11) is 1.70. The highest BCUT2D eigenvalue weighted by Gasteiger charge is 2.15. The molecule has 1 aliphatic rings. The molecular weight excluding hydrogens is 348 g/mol. The number of ether oxygens (including phenoxy) is 1. The molecule has 1 amide bonds. The van der Waals surface area contributed by atoms with Crippen LogP contribution < -0.4 is 15.4 Å². The fourth-order valence-corrected chi connectivity index (χ4v) is 3.76. The molecule has 1 fully saturated rings. The number of rotatable bonds is 8. The van der Waals surface area contributed by atoms with Gasteiger partial charge in [0.2, 0.25) is 5.91 Å². The van der Waals surface area contributed by atoms with Crippen LogP contribution in [0.1, 0.15) is 56.6 Å². The van der Waals surface area contributed by atoms with Crippen LogP contribution in [-0.2, 0) is 11.2 Å². The SMILES string of the molecule is C.COc1ccccc1CCCCC(=O)Nc1cccc(C2CCNCC2)c1. The molecule has 0 saturated carbocycles. The summed E-state index contributed by atoms with van der Waals surface area (Å²) in [5.74, 6) is 1.62. The molecule has 2 aromatic carbocycles. The van der Waals surface area contributed by atoms with Crippen molar-refractivity contribution >= 4 is 11.6 Å². The van der Waals surface area contributed by atoms with Gasteiger partial charge in [-0.05, 0) is 80.4 Å². The van der Waals surface area contributed by atoms with Gasteiger partial charge in [-0.15, -0.1) is 0 Å². The number of hydrogen-bond acceptors (Lipinski definition) is 3. The smallest absolute Gasteiger partial charge is 0.224 e. The summed E-state index contributed by atoms with van der Waals surface area (Å²) in [6.45, 7) is 2.15. The second kappa shape index (κ2) is 11.5. The van der Waals surface area contributed by atoms with Crippen molar-refractivity contribution in [2.75, 3.05) is 25.5 Å². The van der Waals surface area contributed by atoms with Gasteiger partial charge in [-0.1, -0.05) is 37.8 Å². The summed E-state index contributed by atoms with van der Waals surface area (Å²) < 4.78 is 5.38. The highest BCUT2D eigenvalue weighted by Crippen LogP contribution is 2.27. The lowest BCUT2D eigenvalue weighted by Gasteiger charge is -2.23. The molecule has 28 heavy (non-hydrogen) atoms. The zero-order valence-corrected chi connectivity index (χ0v) is 16.2. The zero-order chi connectivity index (χ0) is 18.9. The molecule has 0 radical (unpaired) electrons. The van der Waals surface area contributed by atoms with Crippen LogP contribution >= 0.6 is 0 Å². The van der Waals surface area contributed by atoms with Gasteiger partial charge in [-0.25, -0.2) is 0 Å². The number of piperidine rings is 1. The molecule has 0 aliphatic carbocycles. The Kier molecular flexibility index (Phi) is 9.02. The van der Waals surface area contributed by atoms with Crippen LogP contribution in [0.25, 0.3) is 0 Å². The van der Waals surface area contributed by atoms with Crippen LogP contribution in [0.3, 0.4) is 0 Å². The van der Waals surface area contributed by atoms with Crippen molar-refractivity contribution in [2.45, 2.75) is 51.9 Å². The largest absolute Gasteiger partial charge is 0.496 e. The van der Waals surface area contributed by atoms with Crippen molar-refractivity contribution in [3.05, 3.63) is 59.7 Å². The maximum atomic E-state index is 12.3. The predicted molar refractivity (Wildman–Crippen MR) is 117 cm³/mol. The minimum Gasteiger partial charge on any atom is -0.496 e. The maximum absolute atomic E-state index is 12.3. The molecule has 0 atom stereocenters. The first-order chi connectivity index (χ1) is 13.3. The van der Waals surface area contributed by atoms with Crippen LogP contribution in [0.15, 0.2) is 48.5 Å². The fraction of sp³-hybridized carbons (Fsp3) is 0.458. The van der Waals surface area contributed by atoms with Crippen LogP contribution in [0, 0.1) is 0 Å². The maximum Gasteiger partial charge on any atom is 0.224 e. The molecule has 0 bridgehead atoms. The van der Waals surface area contributed by atoms with Crippen molar-refractivity contribution in [3.63, 3.8) is 0 Å². The van der Waals surface area contributed by atoms with E-state index in [0.717, 1.165) is 43.8 Å². The van der Waals surface area contributed by atoms with Crippen LogP contribution in [0.4, 0.5) is 5.69 Å². The quantitative estimate of drug-likeness (QED) is 0.621. The Bertz CT molecular complexity index is 739. The van der Waals surface area contributed by atoms with Crippen molar-refractivity contribution < 1.29 is 9.53 Å². The lowest BCUT2D eigenvalue weighted by Crippen LogP contribution is -2.26. The van der Waals surface area contributed by atoms with Crippen LogP contribution in [0.2, 0.25) is 0 Å². The number of carbonyl (C=O) groups is 1. The van der Waals surface area contributed by atoms with Gasteiger partial charge in [0.05, 0.1) is 7.11 Å². The first-order valence-corrected chi connectivity index (χ1v) is 9.98. The molecule has 4 nitrogen and oxygen atoms in total. The minimum atomic E-state index is 0. The van der Waals surface area contributed by atoms with Crippen molar-refractivity contribution in [1.82, 2.24) is 5.32 Å². The third-order valence-corrected chi connectivity index (χ3v) is 5.27. The second-order valence-corrected chi connectivity index (χ2v) is 7.22. The Hall–Kier alpha value is -2.33. The van der Waals surface area contributed by atoms with E-state index in [2.05, 4.69) is 34.9 Å². The van der Waals surface area contributed by atoms with E-state index in [1.165, 1.54) is 24.0 Å². The number of anilines is 1. The summed E-state index contributed by atoms with van der Waals surface area (Å²) in [6, 6.07) is 16.4.